The van der Waals surface area contributed by atoms with Gasteiger partial charge in [-0.1, -0.05) is 57.0 Å². The van der Waals surface area contributed by atoms with E-state index in [0.717, 1.165) is 31.1 Å². The summed E-state index contributed by atoms with van der Waals surface area (Å²) in [7, 11) is -2.43. The number of hydrogen-bond donors (Lipinski definition) is 2. The molecule has 0 spiro atoms. The van der Waals surface area contributed by atoms with Gasteiger partial charge in [-0.05, 0) is 35.8 Å². The minimum Gasteiger partial charge on any atom is -0.480 e. The van der Waals surface area contributed by atoms with E-state index in [4.69, 9.17) is 14.0 Å². The second-order valence-electron chi connectivity index (χ2n) is 10.2. The van der Waals surface area contributed by atoms with Crippen molar-refractivity contribution in [2.45, 2.75) is 77.7 Å². The van der Waals surface area contributed by atoms with Gasteiger partial charge in [0.1, 0.15) is 18.9 Å². The SMILES string of the molecule is CC(C)(C=O)COC(CCCCCCNC(=O)OCc1ccccc1)O[P+](=O)CC(=O)N1CCC[C@H]1C(=O)O. The molecular weight excluding hydrogens is 527 g/mol. The first-order chi connectivity index (χ1) is 18.6. The lowest BCUT2D eigenvalue weighted by Gasteiger charge is -2.21. The van der Waals surface area contributed by atoms with Crippen LogP contribution in [-0.4, -0.2) is 72.5 Å². The Labute approximate surface area is 230 Å². The molecule has 0 bridgehead atoms. The molecule has 1 aliphatic rings. The zero-order valence-corrected chi connectivity index (χ0v) is 23.6. The Morgan fingerprint density at radius 2 is 1.90 bits per heavy atom. The van der Waals surface area contributed by atoms with Gasteiger partial charge in [0.2, 0.25) is 6.29 Å². The summed E-state index contributed by atoms with van der Waals surface area (Å²) in [6.07, 6.45) is 3.38. The quantitative estimate of drug-likeness (QED) is 0.115. The molecule has 0 aliphatic carbocycles. The minimum absolute atomic E-state index is 0.0561. The fraction of sp³-hybridized carbons (Fsp3) is 0.630. The number of aldehydes is 1. The van der Waals surface area contributed by atoms with E-state index >= 15 is 0 Å². The summed E-state index contributed by atoms with van der Waals surface area (Å²) in [5, 5.41) is 12.0. The molecule has 1 aromatic carbocycles. The molecule has 2 N–H and O–H groups in total. The maximum atomic E-state index is 12.6. The summed E-state index contributed by atoms with van der Waals surface area (Å²) >= 11 is 0. The molecule has 1 aliphatic heterocycles. The van der Waals surface area contributed by atoms with Gasteiger partial charge in [0.15, 0.2) is 0 Å². The largest absolute Gasteiger partial charge is 0.520 e. The Bertz CT molecular complexity index is 958. The van der Waals surface area contributed by atoms with Crippen molar-refractivity contribution in [3.63, 3.8) is 0 Å². The molecule has 2 amide bonds. The molecule has 2 rings (SSSR count). The molecular formula is C27H40N2O9P+. The maximum absolute atomic E-state index is 12.6. The number of alkyl carbamates (subject to hydrolysis) is 1. The van der Waals surface area contributed by atoms with E-state index in [1.54, 1.807) is 13.8 Å². The van der Waals surface area contributed by atoms with Gasteiger partial charge >= 0.3 is 20.1 Å². The molecule has 1 saturated heterocycles. The first-order valence-electron chi connectivity index (χ1n) is 13.3. The second kappa shape index (κ2) is 16.9. The summed E-state index contributed by atoms with van der Waals surface area (Å²) in [5.74, 6) is -1.60. The van der Waals surface area contributed by atoms with Crippen LogP contribution >= 0.6 is 8.03 Å². The van der Waals surface area contributed by atoms with Crippen LogP contribution in [0.3, 0.4) is 0 Å². The van der Waals surface area contributed by atoms with Crippen molar-refractivity contribution in [2.24, 2.45) is 5.41 Å². The predicted molar refractivity (Wildman–Crippen MR) is 143 cm³/mol. The summed E-state index contributed by atoms with van der Waals surface area (Å²) in [6.45, 7) is 4.46. The van der Waals surface area contributed by atoms with Gasteiger partial charge in [0.05, 0.1) is 6.61 Å². The number of aliphatic carboxylic acids is 1. The number of amides is 2. The number of carbonyl (C=O) groups excluding carboxylic acids is 3. The van der Waals surface area contributed by atoms with Crippen molar-refractivity contribution in [2.75, 3.05) is 25.9 Å². The molecule has 39 heavy (non-hydrogen) atoms. The third-order valence-electron chi connectivity index (χ3n) is 6.17. The second-order valence-corrected chi connectivity index (χ2v) is 11.4. The van der Waals surface area contributed by atoms with Gasteiger partial charge in [0, 0.05) is 24.9 Å². The van der Waals surface area contributed by atoms with Crippen LogP contribution in [0.4, 0.5) is 4.79 Å². The first-order valence-corrected chi connectivity index (χ1v) is 14.6. The normalized spacial score (nSPS) is 16.4. The molecule has 0 aromatic heterocycles. The molecule has 1 aromatic rings. The van der Waals surface area contributed by atoms with Crippen LogP contribution in [0.15, 0.2) is 30.3 Å². The van der Waals surface area contributed by atoms with Crippen molar-refractivity contribution in [1.82, 2.24) is 10.2 Å². The topological polar surface area (TPSA) is 149 Å². The molecule has 3 atom stereocenters. The number of rotatable bonds is 18. The number of ether oxygens (including phenoxy) is 2. The molecule has 0 saturated carbocycles. The zero-order valence-electron chi connectivity index (χ0n) is 22.7. The molecule has 1 fully saturated rings. The number of unbranched alkanes of at least 4 members (excludes halogenated alkanes) is 3. The zero-order chi connectivity index (χ0) is 28.7. The smallest absolute Gasteiger partial charge is 0.480 e. The van der Waals surface area contributed by atoms with E-state index in [1.807, 2.05) is 30.3 Å². The maximum Gasteiger partial charge on any atom is 0.520 e. The first kappa shape index (κ1) is 32.3. The molecule has 216 valence electrons. The van der Waals surface area contributed by atoms with Crippen LogP contribution in [0.1, 0.15) is 64.4 Å². The lowest BCUT2D eigenvalue weighted by molar-refractivity contribution is -0.147. The van der Waals surface area contributed by atoms with E-state index in [9.17, 15) is 28.8 Å². The Hall–Kier alpha value is -2.88. The lowest BCUT2D eigenvalue weighted by Crippen LogP contribution is -2.41. The van der Waals surface area contributed by atoms with Crippen LogP contribution in [-0.2, 0) is 39.6 Å². The molecule has 0 radical (unpaired) electrons. The highest BCUT2D eigenvalue weighted by Crippen LogP contribution is 2.30. The molecule has 2 unspecified atom stereocenters. The van der Waals surface area contributed by atoms with Gasteiger partial charge in [-0.15, -0.1) is 4.52 Å². The summed E-state index contributed by atoms with van der Waals surface area (Å²) < 4.78 is 29.0. The monoisotopic (exact) mass is 567 g/mol. The fourth-order valence-corrected chi connectivity index (χ4v) is 4.86. The molecule has 11 nitrogen and oxygen atoms in total. The number of carboxylic acid groups (broad SMARTS) is 1. The summed E-state index contributed by atoms with van der Waals surface area (Å²) in [4.78, 5) is 48.1. The third-order valence-corrected chi connectivity index (χ3v) is 7.17. The van der Waals surface area contributed by atoms with E-state index in [0.29, 0.717) is 38.8 Å². The van der Waals surface area contributed by atoms with Gasteiger partial charge in [-0.2, -0.15) is 0 Å². The van der Waals surface area contributed by atoms with Crippen LogP contribution in [0.5, 0.6) is 0 Å². The average molecular weight is 568 g/mol. The van der Waals surface area contributed by atoms with Gasteiger partial charge in [-0.25, -0.2) is 9.59 Å². The van der Waals surface area contributed by atoms with E-state index in [1.165, 1.54) is 4.90 Å². The lowest BCUT2D eigenvalue weighted by atomic mass is 9.98. The van der Waals surface area contributed by atoms with E-state index < -0.39 is 49.9 Å². The van der Waals surface area contributed by atoms with Crippen molar-refractivity contribution < 1.29 is 42.8 Å². The Morgan fingerprint density at radius 3 is 2.59 bits per heavy atom. The van der Waals surface area contributed by atoms with Gasteiger partial charge in [-0.3, -0.25) is 4.79 Å². The number of nitrogens with zero attached hydrogens (tertiary/aromatic N) is 1. The highest BCUT2D eigenvalue weighted by Gasteiger charge is 2.39. The number of hydrogen-bond acceptors (Lipinski definition) is 8. The minimum atomic E-state index is -2.43. The number of benzene rings is 1. The van der Waals surface area contributed by atoms with E-state index in [-0.39, 0.29) is 13.2 Å². The Kier molecular flexibility index (Phi) is 14.0. The molecule has 12 heteroatoms. The molecule has 1 heterocycles. The van der Waals surface area contributed by atoms with Crippen molar-refractivity contribution >= 4 is 32.3 Å². The van der Waals surface area contributed by atoms with Gasteiger partial charge in [0.25, 0.3) is 12.1 Å². The van der Waals surface area contributed by atoms with Gasteiger partial charge < -0.3 is 29.6 Å². The number of likely N-dealkylation sites (tertiary alicyclic amines) is 1. The summed E-state index contributed by atoms with van der Waals surface area (Å²) in [5.41, 5.74) is 0.156. The van der Waals surface area contributed by atoms with Crippen LogP contribution in [0, 0.1) is 5.41 Å². The third kappa shape index (κ3) is 12.7. The Balaban J connectivity index is 1.70. The number of carbonyl (C=O) groups is 4. The highest BCUT2D eigenvalue weighted by molar-refractivity contribution is 7.40. The van der Waals surface area contributed by atoms with Crippen molar-refractivity contribution in [3.05, 3.63) is 35.9 Å². The van der Waals surface area contributed by atoms with Crippen molar-refractivity contribution in [1.29, 1.82) is 0 Å². The van der Waals surface area contributed by atoms with E-state index in [2.05, 4.69) is 5.32 Å². The summed E-state index contributed by atoms with van der Waals surface area (Å²) in [6, 6.07) is 8.51. The van der Waals surface area contributed by atoms with Crippen LogP contribution in [0.2, 0.25) is 0 Å². The number of nitrogens with one attached hydrogen (secondary N) is 1. The van der Waals surface area contributed by atoms with Crippen LogP contribution < -0.4 is 5.32 Å². The highest BCUT2D eigenvalue weighted by atomic mass is 31.1. The Morgan fingerprint density at radius 1 is 1.18 bits per heavy atom. The number of carboxylic acids is 1. The van der Waals surface area contributed by atoms with Crippen molar-refractivity contribution in [3.8, 4) is 0 Å². The fourth-order valence-electron chi connectivity index (χ4n) is 3.95. The predicted octanol–water partition coefficient (Wildman–Crippen LogP) is 4.27. The van der Waals surface area contributed by atoms with Crippen LogP contribution in [0.25, 0.3) is 0 Å². The standard InChI is InChI=1S/C27H39N2O9P/c1-27(2,19-30)20-37-24(38-39(35)18-23(31)29-16-10-13-22(29)25(32)33)14-8-3-4-9-15-28-26(34)36-17-21-11-6-5-7-12-21/h5-7,11-12,19,22,24H,3-4,8-10,13-18,20H2,1-2H3,(H-,28,32,33,34)/p+1/t22-,24?/m0/s1. The average Bonchev–Trinajstić information content (AvgIpc) is 3.41.